The van der Waals surface area contributed by atoms with E-state index in [-0.39, 0.29) is 37.0 Å². The maximum Gasteiger partial charge on any atom is 0.407 e. The molecule has 58 heavy (non-hydrogen) atoms. The molecule has 308 valence electrons. The molecule has 1 saturated carbocycles. The van der Waals surface area contributed by atoms with E-state index in [1.165, 1.54) is 14.0 Å². The fourth-order valence-electron chi connectivity index (χ4n) is 8.09. The number of carbonyl (C=O) groups excluding carboxylic acids is 3. The number of rotatable bonds is 18. The Bertz CT molecular complexity index is 2120. The molecule has 0 spiro atoms. The number of thiazole rings is 1. The number of hydrogen-bond donors (Lipinski definition) is 5. The smallest absolute Gasteiger partial charge is 0.407 e. The van der Waals surface area contributed by atoms with Crippen molar-refractivity contribution in [2.45, 2.75) is 96.7 Å². The van der Waals surface area contributed by atoms with Gasteiger partial charge in [0.05, 0.1) is 40.4 Å². The number of hydrogen-bond acceptors (Lipinski definition) is 10. The van der Waals surface area contributed by atoms with Gasteiger partial charge in [0, 0.05) is 62.2 Å². The number of nitrogens with one attached hydrogen (secondary N) is 3. The quantitative estimate of drug-likeness (QED) is 0.0667. The first-order chi connectivity index (χ1) is 27.5. The fraction of sp³-hybridized carbons (Fsp3) is 0.442. The molecule has 4 atom stereocenters. The summed E-state index contributed by atoms with van der Waals surface area (Å²) in [6.07, 6.45) is 1.32. The topological polar surface area (TPSA) is 180 Å². The molecule has 2 aromatic carbocycles. The van der Waals surface area contributed by atoms with E-state index in [0.717, 1.165) is 37.9 Å². The van der Waals surface area contributed by atoms with Crippen molar-refractivity contribution in [2.24, 2.45) is 5.41 Å². The number of nitrogens with zero attached hydrogens (tertiary/aromatic N) is 5. The third-order valence-corrected chi connectivity index (χ3v) is 12.4. The van der Waals surface area contributed by atoms with E-state index in [9.17, 15) is 29.4 Å². The summed E-state index contributed by atoms with van der Waals surface area (Å²) >= 11 is 1.54. The number of urea groups is 1. The van der Waals surface area contributed by atoms with Crippen LogP contribution in [0, 0.1) is 12.3 Å². The number of hydrazine groups is 1. The highest BCUT2D eigenvalue weighted by Crippen LogP contribution is 2.49. The first kappa shape index (κ1) is 42.4. The van der Waals surface area contributed by atoms with Crippen molar-refractivity contribution in [3.05, 3.63) is 106 Å². The number of amides is 4. The summed E-state index contributed by atoms with van der Waals surface area (Å²) in [7, 11) is 1.46. The van der Waals surface area contributed by atoms with Gasteiger partial charge in [-0.05, 0) is 76.3 Å². The number of ketones is 1. The highest BCUT2D eigenvalue weighted by atomic mass is 32.1. The summed E-state index contributed by atoms with van der Waals surface area (Å²) in [6.45, 7) is 10.6. The van der Waals surface area contributed by atoms with E-state index < -0.39 is 34.9 Å². The Kier molecular flexibility index (Phi) is 12.7. The van der Waals surface area contributed by atoms with Crippen LogP contribution in [0.25, 0.3) is 11.3 Å². The molecule has 4 aromatic rings. The lowest BCUT2D eigenvalue weighted by Crippen LogP contribution is -2.54. The van der Waals surface area contributed by atoms with Crippen molar-refractivity contribution in [3.63, 3.8) is 0 Å². The second kappa shape index (κ2) is 17.3. The zero-order valence-corrected chi connectivity index (χ0v) is 34.8. The van der Waals surface area contributed by atoms with Crippen molar-refractivity contribution in [2.75, 3.05) is 20.1 Å². The van der Waals surface area contributed by atoms with Crippen molar-refractivity contribution in [3.8, 4) is 11.3 Å². The molecule has 2 aromatic heterocycles. The molecule has 14 nitrogen and oxygen atoms in total. The standard InChI is InChI=1S/C43H54N8O6S/c1-28(52)42(5)37(38(42)49(6)40(55)56)48-45-25-31-15-16-34(35-14-10-11-19-44-35)32(22-31)23-43(57,18-17-30-12-8-7-9-13-30)47-36(53)24-41(3,4)51-21-20-50(39(51)54)26-33-27-58-29(2)46-33/h7-16,19,22,27,37-38,45,48,57H,17-18,20-21,23-26H2,1-6H3,(H,47,53)(H,55,56). The van der Waals surface area contributed by atoms with Crippen LogP contribution in [0.2, 0.25) is 0 Å². The van der Waals surface area contributed by atoms with Gasteiger partial charge in [-0.2, -0.15) is 0 Å². The van der Waals surface area contributed by atoms with Gasteiger partial charge >= 0.3 is 12.1 Å². The number of carbonyl (C=O) groups is 4. The van der Waals surface area contributed by atoms with E-state index in [2.05, 4.69) is 26.1 Å². The van der Waals surface area contributed by atoms with Crippen LogP contribution in [0.5, 0.6) is 0 Å². The largest absolute Gasteiger partial charge is 0.465 e. The molecule has 1 aliphatic carbocycles. The number of aromatic nitrogens is 2. The van der Waals surface area contributed by atoms with Gasteiger partial charge in [-0.1, -0.05) is 54.6 Å². The third-order valence-electron chi connectivity index (χ3n) is 11.6. The molecule has 4 unspecified atom stereocenters. The Morgan fingerprint density at radius 2 is 1.79 bits per heavy atom. The van der Waals surface area contributed by atoms with E-state index >= 15 is 0 Å². The van der Waals surface area contributed by atoms with Gasteiger partial charge in [0.1, 0.15) is 11.5 Å². The van der Waals surface area contributed by atoms with E-state index in [1.54, 1.807) is 34.3 Å². The highest BCUT2D eigenvalue weighted by Gasteiger charge is 2.67. The Balaban J connectivity index is 1.21. The van der Waals surface area contributed by atoms with Crippen molar-refractivity contribution in [1.29, 1.82) is 0 Å². The zero-order valence-electron chi connectivity index (χ0n) is 34.0. The molecule has 0 radical (unpaired) electrons. The molecule has 1 saturated heterocycles. The van der Waals surface area contributed by atoms with E-state index in [1.807, 2.05) is 92.9 Å². The van der Waals surface area contributed by atoms with Crippen LogP contribution >= 0.6 is 11.3 Å². The molecule has 2 fully saturated rings. The monoisotopic (exact) mass is 810 g/mol. The number of likely N-dealkylation sites (N-methyl/N-ethyl adjacent to an activating group) is 1. The minimum atomic E-state index is -1.69. The summed E-state index contributed by atoms with van der Waals surface area (Å²) < 4.78 is 0. The van der Waals surface area contributed by atoms with Crippen molar-refractivity contribution >= 4 is 35.2 Å². The lowest BCUT2D eigenvalue weighted by Gasteiger charge is -2.37. The summed E-state index contributed by atoms with van der Waals surface area (Å²) in [5.74, 6) is -0.495. The molecule has 1 aliphatic heterocycles. The average Bonchev–Trinajstić information content (AvgIpc) is 3.38. The first-order valence-electron chi connectivity index (χ1n) is 19.5. The van der Waals surface area contributed by atoms with Crippen molar-refractivity contribution < 1.29 is 29.4 Å². The van der Waals surface area contributed by atoms with Crippen LogP contribution in [0.4, 0.5) is 9.59 Å². The molecule has 15 heteroatoms. The second-order valence-electron chi connectivity index (χ2n) is 16.3. The Morgan fingerprint density at radius 1 is 1.05 bits per heavy atom. The predicted molar refractivity (Wildman–Crippen MR) is 221 cm³/mol. The van der Waals surface area contributed by atoms with Gasteiger partial charge in [-0.15, -0.1) is 11.3 Å². The third kappa shape index (κ3) is 9.55. The molecule has 2 aliphatic rings. The van der Waals surface area contributed by atoms with E-state index in [4.69, 9.17) is 0 Å². The summed E-state index contributed by atoms with van der Waals surface area (Å²) in [5, 5.41) is 28.0. The average molecular weight is 811 g/mol. The summed E-state index contributed by atoms with van der Waals surface area (Å²) in [4.78, 5) is 65.6. The molecule has 6 rings (SSSR count). The Morgan fingerprint density at radius 3 is 2.45 bits per heavy atom. The normalized spacial score (nSPS) is 20.2. The van der Waals surface area contributed by atoms with Crippen LogP contribution in [-0.2, 0) is 35.5 Å². The fourth-order valence-corrected chi connectivity index (χ4v) is 8.70. The van der Waals surface area contributed by atoms with Crippen LogP contribution in [0.1, 0.15) is 67.9 Å². The highest BCUT2D eigenvalue weighted by molar-refractivity contribution is 7.09. The van der Waals surface area contributed by atoms with Crippen LogP contribution in [-0.4, -0.2) is 102 Å². The van der Waals surface area contributed by atoms with Crippen LogP contribution in [0.3, 0.4) is 0 Å². The maximum atomic E-state index is 14.0. The van der Waals surface area contributed by atoms with Gasteiger partial charge in [0.25, 0.3) is 0 Å². The maximum absolute atomic E-state index is 14.0. The number of aliphatic hydroxyl groups is 1. The van der Waals surface area contributed by atoms with Crippen molar-refractivity contribution in [1.82, 2.24) is 40.8 Å². The number of benzene rings is 2. The van der Waals surface area contributed by atoms with Gasteiger partial charge in [-0.3, -0.25) is 25.4 Å². The predicted octanol–water partition coefficient (Wildman–Crippen LogP) is 5.15. The lowest BCUT2D eigenvalue weighted by atomic mass is 9.90. The molecular weight excluding hydrogens is 757 g/mol. The number of carboxylic acid groups (broad SMARTS) is 1. The molecule has 3 heterocycles. The molecular formula is C43H54N8O6S. The SMILES string of the molecule is CC(=O)C1(C)C(NNCc2ccc(-c3ccccn3)c(CC(O)(CCc3ccccc3)NC(=O)CC(C)(C)N3CCN(Cc4csc(C)n4)C3=O)c2)C1N(C)C(=O)O. The van der Waals surface area contributed by atoms with Crippen LogP contribution < -0.4 is 16.2 Å². The van der Waals surface area contributed by atoms with Gasteiger partial charge in [0.15, 0.2) is 0 Å². The minimum absolute atomic E-state index is 0.0306. The Labute approximate surface area is 343 Å². The summed E-state index contributed by atoms with van der Waals surface area (Å²) in [6, 6.07) is 20.1. The number of Topliss-reactive ketones (excluding diaryl/α,β-unsaturated/α-hetero) is 1. The van der Waals surface area contributed by atoms with Gasteiger partial charge in [-0.25, -0.2) is 14.6 Å². The molecule has 0 bridgehead atoms. The molecule has 5 N–H and O–H groups in total. The summed E-state index contributed by atoms with van der Waals surface area (Å²) in [5.41, 5.74) is 7.89. The second-order valence-corrected chi connectivity index (χ2v) is 17.4. The lowest BCUT2D eigenvalue weighted by molar-refractivity contribution is -0.131. The zero-order chi connectivity index (χ0) is 41.8. The molecule has 4 amide bonds. The minimum Gasteiger partial charge on any atom is -0.465 e. The number of pyridine rings is 1. The van der Waals surface area contributed by atoms with Crippen LogP contribution in [0.15, 0.2) is 78.3 Å². The van der Waals surface area contributed by atoms with Gasteiger partial charge in [0.2, 0.25) is 5.91 Å². The first-order valence-corrected chi connectivity index (χ1v) is 20.4. The van der Waals surface area contributed by atoms with E-state index in [0.29, 0.717) is 38.3 Å². The van der Waals surface area contributed by atoms with Gasteiger partial charge < -0.3 is 30.2 Å². The number of aryl methyl sites for hydroxylation is 2. The Hall–Kier alpha value is -5.22.